The smallest absolute Gasteiger partial charge is 0.00843 e. The molecule has 1 N–H and O–H groups in total. The van der Waals surface area contributed by atoms with Gasteiger partial charge in [-0.25, -0.2) is 0 Å². The first-order chi connectivity index (χ1) is 4.47. The molecule has 0 amide bonds. The summed E-state index contributed by atoms with van der Waals surface area (Å²) >= 11 is 0. The highest BCUT2D eigenvalue weighted by atomic mass is 35.5. The zero-order valence-corrected chi connectivity index (χ0v) is 6.19. The Morgan fingerprint density at radius 3 is 1.90 bits per heavy atom. The van der Waals surface area contributed by atoms with Crippen LogP contribution in [0.5, 0.6) is 0 Å². The summed E-state index contributed by atoms with van der Waals surface area (Å²) in [5.74, 6) is 0. The van der Waals surface area contributed by atoms with E-state index in [0.29, 0.717) is 0 Å². The van der Waals surface area contributed by atoms with E-state index in [1.165, 1.54) is 10.8 Å². The Bertz CT molecular complexity index is 283. The molecule has 0 radical (unpaired) electrons. The summed E-state index contributed by atoms with van der Waals surface area (Å²) in [6, 6.07) is 8.25. The Morgan fingerprint density at radius 2 is 1.40 bits per heavy atom. The molecule has 1 aromatic carbocycles. The molecule has 2 rings (SSSR count). The first-order valence-corrected chi connectivity index (χ1v) is 2.98. The second kappa shape index (κ2) is 2.76. The van der Waals surface area contributed by atoms with Gasteiger partial charge in [-0.2, -0.15) is 0 Å². The number of hydrogen-bond donors (Lipinski definition) is 1. The van der Waals surface area contributed by atoms with Crippen LogP contribution in [-0.2, 0) is 0 Å². The summed E-state index contributed by atoms with van der Waals surface area (Å²) in [6.07, 6.45) is 3.99. The van der Waals surface area contributed by atoms with Gasteiger partial charge in [-0.15, -0.1) is 12.4 Å². The van der Waals surface area contributed by atoms with Crippen LogP contribution in [0.15, 0.2) is 36.7 Å². The molecule has 0 aliphatic heterocycles. The van der Waals surface area contributed by atoms with Crippen molar-refractivity contribution >= 4 is 23.2 Å². The van der Waals surface area contributed by atoms with Gasteiger partial charge in [0, 0.05) is 12.4 Å². The molecule has 1 nitrogen and oxygen atoms in total. The van der Waals surface area contributed by atoms with Crippen molar-refractivity contribution < 1.29 is 0 Å². The van der Waals surface area contributed by atoms with Crippen molar-refractivity contribution in [3.63, 3.8) is 0 Å². The van der Waals surface area contributed by atoms with Crippen LogP contribution in [0.3, 0.4) is 0 Å². The molecule has 2 aromatic rings. The van der Waals surface area contributed by atoms with E-state index in [2.05, 4.69) is 17.1 Å². The van der Waals surface area contributed by atoms with Gasteiger partial charge in [0.05, 0.1) is 0 Å². The van der Waals surface area contributed by atoms with E-state index in [1.807, 2.05) is 24.5 Å². The Hall–Kier alpha value is -0.950. The Labute approximate surface area is 65.5 Å². The monoisotopic (exact) mass is 153 g/mol. The third kappa shape index (κ3) is 1.00. The summed E-state index contributed by atoms with van der Waals surface area (Å²) in [5, 5.41) is 2.55. The number of fused-ring (bicyclic) bond motifs is 1. The Morgan fingerprint density at radius 1 is 0.900 bits per heavy atom. The van der Waals surface area contributed by atoms with E-state index >= 15 is 0 Å². The molecule has 0 aliphatic carbocycles. The number of aromatic amines is 1. The number of benzene rings is 1. The minimum atomic E-state index is 0. The second-order valence-electron chi connectivity index (χ2n) is 2.08. The molecule has 0 unspecified atom stereocenters. The Balaban J connectivity index is 0.000000500. The van der Waals surface area contributed by atoms with E-state index in [-0.39, 0.29) is 12.4 Å². The van der Waals surface area contributed by atoms with Crippen LogP contribution in [0, 0.1) is 0 Å². The maximum atomic E-state index is 3.04. The molecule has 0 bridgehead atoms. The molecular weight excluding hydrogens is 146 g/mol. The molecular formula is C8H8ClN. The van der Waals surface area contributed by atoms with Crippen LogP contribution in [-0.4, -0.2) is 4.98 Å². The quantitative estimate of drug-likeness (QED) is 0.599. The molecule has 0 fully saturated rings. The van der Waals surface area contributed by atoms with E-state index in [1.54, 1.807) is 0 Å². The molecule has 0 atom stereocenters. The molecule has 0 saturated carbocycles. The van der Waals surface area contributed by atoms with Gasteiger partial charge < -0.3 is 4.98 Å². The fourth-order valence-corrected chi connectivity index (χ4v) is 0.995. The lowest BCUT2D eigenvalue weighted by Crippen LogP contribution is -1.57. The topological polar surface area (TPSA) is 15.8 Å². The fourth-order valence-electron chi connectivity index (χ4n) is 0.995. The number of hydrogen-bond acceptors (Lipinski definition) is 0. The van der Waals surface area contributed by atoms with Crippen molar-refractivity contribution in [1.82, 2.24) is 4.98 Å². The van der Waals surface area contributed by atoms with Crippen molar-refractivity contribution in [2.24, 2.45) is 0 Å². The van der Waals surface area contributed by atoms with Gasteiger partial charge in [0.1, 0.15) is 0 Å². The third-order valence-electron chi connectivity index (χ3n) is 1.47. The zero-order chi connectivity index (χ0) is 6.10. The van der Waals surface area contributed by atoms with Crippen molar-refractivity contribution in [2.45, 2.75) is 0 Å². The van der Waals surface area contributed by atoms with Crippen molar-refractivity contribution in [1.29, 1.82) is 0 Å². The SMILES string of the molecule is Cl.c1ccc2c[nH]cc2c1. The standard InChI is InChI=1S/C8H7N.ClH/c1-2-4-8-6-9-5-7(8)3-1;/h1-6,9H;1H. The highest BCUT2D eigenvalue weighted by molar-refractivity contribution is 5.85. The molecule has 10 heavy (non-hydrogen) atoms. The molecule has 0 aliphatic rings. The lowest BCUT2D eigenvalue weighted by atomic mass is 10.2. The van der Waals surface area contributed by atoms with E-state index in [4.69, 9.17) is 0 Å². The summed E-state index contributed by atoms with van der Waals surface area (Å²) in [6.45, 7) is 0. The molecule has 0 saturated heterocycles. The van der Waals surface area contributed by atoms with Crippen molar-refractivity contribution in [2.75, 3.05) is 0 Å². The summed E-state index contributed by atoms with van der Waals surface area (Å²) in [7, 11) is 0. The van der Waals surface area contributed by atoms with Gasteiger partial charge in [-0.3, -0.25) is 0 Å². The van der Waals surface area contributed by atoms with Crippen molar-refractivity contribution in [3.8, 4) is 0 Å². The highest BCUT2D eigenvalue weighted by Crippen LogP contribution is 2.10. The molecule has 1 heterocycles. The molecule has 0 spiro atoms. The normalized spacial score (nSPS) is 9.20. The average molecular weight is 154 g/mol. The molecule has 1 aromatic heterocycles. The maximum Gasteiger partial charge on any atom is 0.00843 e. The van der Waals surface area contributed by atoms with Gasteiger partial charge in [-0.1, -0.05) is 24.3 Å². The van der Waals surface area contributed by atoms with Crippen LogP contribution in [0.4, 0.5) is 0 Å². The summed E-state index contributed by atoms with van der Waals surface area (Å²) in [4.78, 5) is 3.04. The minimum absolute atomic E-state index is 0. The predicted octanol–water partition coefficient (Wildman–Crippen LogP) is 2.59. The molecule has 2 heteroatoms. The van der Waals surface area contributed by atoms with Crippen LogP contribution >= 0.6 is 12.4 Å². The average Bonchev–Trinajstić information content (AvgIpc) is 2.33. The number of aromatic nitrogens is 1. The third-order valence-corrected chi connectivity index (χ3v) is 1.47. The van der Waals surface area contributed by atoms with Crippen molar-refractivity contribution in [3.05, 3.63) is 36.7 Å². The van der Waals surface area contributed by atoms with Crippen LogP contribution < -0.4 is 0 Å². The van der Waals surface area contributed by atoms with Crippen LogP contribution in [0.2, 0.25) is 0 Å². The van der Waals surface area contributed by atoms with Gasteiger partial charge >= 0.3 is 0 Å². The highest BCUT2D eigenvalue weighted by Gasteiger charge is 1.86. The van der Waals surface area contributed by atoms with Gasteiger partial charge in [-0.05, 0) is 10.8 Å². The van der Waals surface area contributed by atoms with E-state index in [0.717, 1.165) is 0 Å². The number of nitrogens with one attached hydrogen (secondary N) is 1. The number of rotatable bonds is 0. The number of H-pyrrole nitrogens is 1. The second-order valence-corrected chi connectivity index (χ2v) is 2.08. The molecule has 52 valence electrons. The summed E-state index contributed by atoms with van der Waals surface area (Å²) in [5.41, 5.74) is 0. The van der Waals surface area contributed by atoms with E-state index in [9.17, 15) is 0 Å². The number of halogens is 1. The summed E-state index contributed by atoms with van der Waals surface area (Å²) < 4.78 is 0. The minimum Gasteiger partial charge on any atom is -0.366 e. The first-order valence-electron chi connectivity index (χ1n) is 2.98. The lowest BCUT2D eigenvalue weighted by Gasteiger charge is -1.81. The van der Waals surface area contributed by atoms with Crippen LogP contribution in [0.25, 0.3) is 10.8 Å². The van der Waals surface area contributed by atoms with Gasteiger partial charge in [0.25, 0.3) is 0 Å². The van der Waals surface area contributed by atoms with Gasteiger partial charge in [0.15, 0.2) is 0 Å². The largest absolute Gasteiger partial charge is 0.366 e. The van der Waals surface area contributed by atoms with Gasteiger partial charge in [0.2, 0.25) is 0 Å². The predicted molar refractivity (Wildman–Crippen MR) is 45.5 cm³/mol. The first kappa shape index (κ1) is 7.16. The fraction of sp³-hybridized carbons (Fsp3) is 0. The lowest BCUT2D eigenvalue weighted by molar-refractivity contribution is 1.43. The van der Waals surface area contributed by atoms with E-state index < -0.39 is 0 Å². The Kier molecular flexibility index (Phi) is 1.97. The van der Waals surface area contributed by atoms with Crippen LogP contribution in [0.1, 0.15) is 0 Å². The zero-order valence-electron chi connectivity index (χ0n) is 5.37. The maximum absolute atomic E-state index is 3.04.